The summed E-state index contributed by atoms with van der Waals surface area (Å²) in [6, 6.07) is 0. The Morgan fingerprint density at radius 2 is 2.37 bits per heavy atom. The van der Waals surface area contributed by atoms with Crippen LogP contribution in [0, 0.1) is 0 Å². The van der Waals surface area contributed by atoms with E-state index in [9.17, 15) is 4.79 Å². The highest BCUT2D eigenvalue weighted by Crippen LogP contribution is 2.24. The molecule has 0 aliphatic rings. The fraction of sp³-hybridized carbons (Fsp3) is 0.500. The van der Waals surface area contributed by atoms with E-state index >= 15 is 0 Å². The molecule has 2 aromatic rings. The molecular formula is C12H19N5OS. The molecule has 0 aromatic carbocycles. The molecule has 0 saturated carbocycles. The number of hydrogen-bond acceptors (Lipinski definition) is 5. The maximum atomic E-state index is 11.2. The third-order valence-electron chi connectivity index (χ3n) is 2.96. The first-order valence-corrected chi connectivity index (χ1v) is 7.23. The summed E-state index contributed by atoms with van der Waals surface area (Å²) in [5, 5.41) is 1.97. The Labute approximate surface area is 116 Å². The van der Waals surface area contributed by atoms with Gasteiger partial charge in [0.1, 0.15) is 0 Å². The van der Waals surface area contributed by atoms with E-state index in [1.165, 1.54) is 0 Å². The lowest BCUT2D eigenvalue weighted by Gasteiger charge is -2.21. The molecule has 1 amide bonds. The van der Waals surface area contributed by atoms with Crippen LogP contribution >= 0.6 is 11.3 Å². The molecule has 0 bridgehead atoms. The van der Waals surface area contributed by atoms with Gasteiger partial charge in [-0.1, -0.05) is 13.3 Å². The minimum Gasteiger partial charge on any atom is -0.368 e. The molecule has 0 saturated heterocycles. The first-order valence-electron chi connectivity index (χ1n) is 6.35. The van der Waals surface area contributed by atoms with Crippen LogP contribution in [0.3, 0.4) is 0 Å². The summed E-state index contributed by atoms with van der Waals surface area (Å²) in [4.78, 5) is 18.6. The van der Waals surface area contributed by atoms with Crippen LogP contribution in [0.25, 0.3) is 4.96 Å². The van der Waals surface area contributed by atoms with Gasteiger partial charge in [-0.05, 0) is 6.42 Å². The van der Waals surface area contributed by atoms with Crippen molar-refractivity contribution in [2.24, 2.45) is 11.5 Å². The summed E-state index contributed by atoms with van der Waals surface area (Å²) in [7, 11) is 0. The zero-order valence-electron chi connectivity index (χ0n) is 11.0. The van der Waals surface area contributed by atoms with Crippen molar-refractivity contribution in [3.8, 4) is 0 Å². The van der Waals surface area contributed by atoms with E-state index < -0.39 is 0 Å². The number of nitrogens with two attached hydrogens (primary N) is 2. The number of carbonyl (C=O) groups excluding carboxylic acids is 1. The number of anilines is 1. The molecular weight excluding hydrogens is 262 g/mol. The maximum absolute atomic E-state index is 11.2. The predicted octanol–water partition coefficient (Wildman–Crippen LogP) is 0.946. The average molecular weight is 281 g/mol. The van der Waals surface area contributed by atoms with Crippen molar-refractivity contribution >= 4 is 28.0 Å². The van der Waals surface area contributed by atoms with Gasteiger partial charge in [0.15, 0.2) is 10.8 Å². The van der Waals surface area contributed by atoms with E-state index in [-0.39, 0.29) is 12.5 Å². The minimum absolute atomic E-state index is 0.178. The van der Waals surface area contributed by atoms with Gasteiger partial charge >= 0.3 is 0 Å². The van der Waals surface area contributed by atoms with Crippen LogP contribution in [-0.4, -0.2) is 28.4 Å². The van der Waals surface area contributed by atoms with Gasteiger partial charge in [-0.15, -0.1) is 11.3 Å². The molecule has 4 N–H and O–H groups in total. The monoisotopic (exact) mass is 281 g/mol. The van der Waals surface area contributed by atoms with Gasteiger partial charge in [-0.2, -0.15) is 0 Å². The molecule has 0 radical (unpaired) electrons. The second kappa shape index (κ2) is 6.03. The Hall–Kier alpha value is -1.60. The number of unbranched alkanes of at least 4 members (excludes halogenated alkanes) is 1. The van der Waals surface area contributed by atoms with Crippen molar-refractivity contribution in [3.63, 3.8) is 0 Å². The second-order valence-corrected chi connectivity index (χ2v) is 5.26. The Kier molecular flexibility index (Phi) is 4.39. The molecule has 2 rings (SSSR count). The second-order valence-electron chi connectivity index (χ2n) is 4.38. The number of fused-ring (bicyclic) bond motifs is 1. The molecule has 0 unspecified atom stereocenters. The van der Waals surface area contributed by atoms with Gasteiger partial charge in [0.05, 0.1) is 12.2 Å². The SMILES string of the molecule is CCCCN(CC(N)=O)c1nc2sccn2c1CN. The number of carbonyl (C=O) groups is 1. The van der Waals surface area contributed by atoms with Gasteiger partial charge in [0, 0.05) is 24.7 Å². The lowest BCUT2D eigenvalue weighted by Crippen LogP contribution is -2.35. The van der Waals surface area contributed by atoms with Gasteiger partial charge in [-0.3, -0.25) is 9.20 Å². The highest BCUT2D eigenvalue weighted by Gasteiger charge is 2.19. The fourth-order valence-electron chi connectivity index (χ4n) is 2.06. The smallest absolute Gasteiger partial charge is 0.236 e. The minimum atomic E-state index is -0.351. The first-order chi connectivity index (χ1) is 9.17. The zero-order chi connectivity index (χ0) is 13.8. The van der Waals surface area contributed by atoms with Crippen molar-refractivity contribution < 1.29 is 4.79 Å². The molecule has 0 aliphatic heterocycles. The molecule has 19 heavy (non-hydrogen) atoms. The van der Waals surface area contributed by atoms with Crippen molar-refractivity contribution in [2.75, 3.05) is 18.0 Å². The van der Waals surface area contributed by atoms with E-state index in [4.69, 9.17) is 11.5 Å². The van der Waals surface area contributed by atoms with Gasteiger partial charge in [0.25, 0.3) is 0 Å². The predicted molar refractivity (Wildman–Crippen MR) is 77.3 cm³/mol. The molecule has 0 aliphatic carbocycles. The van der Waals surface area contributed by atoms with Crippen molar-refractivity contribution in [1.29, 1.82) is 0 Å². The molecule has 7 heteroatoms. The van der Waals surface area contributed by atoms with Crippen LogP contribution in [0.15, 0.2) is 11.6 Å². The largest absolute Gasteiger partial charge is 0.368 e. The highest BCUT2D eigenvalue weighted by atomic mass is 32.1. The highest BCUT2D eigenvalue weighted by molar-refractivity contribution is 7.15. The number of nitrogens with zero attached hydrogens (tertiary/aromatic N) is 3. The zero-order valence-corrected chi connectivity index (χ0v) is 11.8. The van der Waals surface area contributed by atoms with Gasteiger partial charge in [0.2, 0.25) is 5.91 Å². The molecule has 0 fully saturated rings. The number of aromatic nitrogens is 2. The number of primary amides is 1. The number of rotatable bonds is 7. The van der Waals surface area contributed by atoms with E-state index in [1.54, 1.807) is 11.3 Å². The molecule has 0 spiro atoms. The lowest BCUT2D eigenvalue weighted by molar-refractivity contribution is -0.116. The van der Waals surface area contributed by atoms with Crippen LogP contribution < -0.4 is 16.4 Å². The topological polar surface area (TPSA) is 89.6 Å². The summed E-state index contributed by atoms with van der Waals surface area (Å²) in [6.07, 6.45) is 3.98. The summed E-state index contributed by atoms with van der Waals surface area (Å²) in [6.45, 7) is 3.43. The third-order valence-corrected chi connectivity index (χ3v) is 3.72. The Balaban J connectivity index is 2.35. The van der Waals surface area contributed by atoms with Crippen molar-refractivity contribution in [3.05, 3.63) is 17.3 Å². The quantitative estimate of drug-likeness (QED) is 0.790. The molecule has 104 valence electrons. The van der Waals surface area contributed by atoms with Gasteiger partial charge < -0.3 is 16.4 Å². The summed E-state index contributed by atoms with van der Waals surface area (Å²) in [5.41, 5.74) is 12.1. The van der Waals surface area contributed by atoms with E-state index in [0.717, 1.165) is 35.9 Å². The maximum Gasteiger partial charge on any atom is 0.236 e. The van der Waals surface area contributed by atoms with Crippen LogP contribution in [0.4, 0.5) is 5.82 Å². The van der Waals surface area contributed by atoms with Crippen LogP contribution in [0.2, 0.25) is 0 Å². The Bertz CT molecular complexity index is 561. The normalized spacial score (nSPS) is 11.1. The van der Waals surface area contributed by atoms with E-state index in [0.29, 0.717) is 6.54 Å². The first kappa shape index (κ1) is 13.8. The van der Waals surface area contributed by atoms with Crippen LogP contribution in [0.1, 0.15) is 25.5 Å². The van der Waals surface area contributed by atoms with Crippen LogP contribution in [0.5, 0.6) is 0 Å². The molecule has 0 atom stereocenters. The molecule has 2 heterocycles. The van der Waals surface area contributed by atoms with E-state index in [1.807, 2.05) is 20.9 Å². The number of imidazole rings is 1. The molecule has 2 aromatic heterocycles. The Morgan fingerprint density at radius 1 is 1.58 bits per heavy atom. The lowest BCUT2D eigenvalue weighted by atomic mass is 10.3. The summed E-state index contributed by atoms with van der Waals surface area (Å²) in [5.74, 6) is 0.428. The number of hydrogen-bond donors (Lipinski definition) is 2. The average Bonchev–Trinajstić information content (AvgIpc) is 2.93. The fourth-order valence-corrected chi connectivity index (χ4v) is 2.79. The number of thiazole rings is 1. The van der Waals surface area contributed by atoms with Gasteiger partial charge in [-0.25, -0.2) is 4.98 Å². The van der Waals surface area contributed by atoms with Crippen LogP contribution in [-0.2, 0) is 11.3 Å². The van der Waals surface area contributed by atoms with Crippen molar-refractivity contribution in [1.82, 2.24) is 9.38 Å². The third kappa shape index (κ3) is 2.87. The standard InChI is InChI=1S/C12H19N5OS/c1-2-3-4-16(8-10(14)18)11-9(7-13)17-5-6-19-12(17)15-11/h5-6H,2-4,7-8,13H2,1H3,(H2,14,18). The summed E-state index contributed by atoms with van der Waals surface area (Å²) < 4.78 is 1.97. The van der Waals surface area contributed by atoms with E-state index in [2.05, 4.69) is 11.9 Å². The Morgan fingerprint density at radius 3 is 3.00 bits per heavy atom. The number of amides is 1. The summed E-state index contributed by atoms with van der Waals surface area (Å²) >= 11 is 1.55. The van der Waals surface area contributed by atoms with Crippen molar-refractivity contribution in [2.45, 2.75) is 26.3 Å². The molecule has 6 nitrogen and oxygen atoms in total.